The summed E-state index contributed by atoms with van der Waals surface area (Å²) in [4.78, 5) is 8.87. The molecule has 0 heterocycles. The van der Waals surface area contributed by atoms with Gasteiger partial charge in [-0.15, -0.1) is 23.0 Å². The molecular weight excluding hydrogens is 1240 g/mol. The molecule has 0 aliphatic rings. The fourth-order valence-electron chi connectivity index (χ4n) is 9.85. The molecule has 4 aromatic carbocycles. The van der Waals surface area contributed by atoms with Crippen LogP contribution in [-0.2, 0) is 69.5 Å². The van der Waals surface area contributed by atoms with Crippen LogP contribution in [0, 0.1) is 39.9 Å². The summed E-state index contributed by atoms with van der Waals surface area (Å²) in [5.74, 6) is 0.650. The molecule has 0 aliphatic carbocycles. The first-order valence-electron chi connectivity index (χ1n) is 31.1. The summed E-state index contributed by atoms with van der Waals surface area (Å²) in [5, 5.41) is 53.6. The first-order valence-corrected chi connectivity index (χ1v) is 31.1. The maximum Gasteiger partial charge on any atom is 4.00 e. The van der Waals surface area contributed by atoms with E-state index in [1.165, 1.54) is 47.9 Å². The van der Waals surface area contributed by atoms with Gasteiger partial charge in [0.25, 0.3) is 0 Å². The Labute approximate surface area is 543 Å². The van der Waals surface area contributed by atoms with Crippen LogP contribution in [0.1, 0.15) is 272 Å². The van der Waals surface area contributed by atoms with E-state index in [9.17, 15) is 20.4 Å². The molecule has 0 amide bonds. The Morgan fingerprint density at radius 2 is 0.434 bits per heavy atom. The monoisotopic (exact) mass is 1360 g/mol. The van der Waals surface area contributed by atoms with Gasteiger partial charge in [-0.25, -0.2) is 0 Å². The van der Waals surface area contributed by atoms with Crippen LogP contribution in [0.3, 0.4) is 0 Å². The molecule has 466 valence electrons. The normalized spacial score (nSPS) is 13.1. The van der Waals surface area contributed by atoms with Gasteiger partial charge < -0.3 is 40.0 Å². The summed E-state index contributed by atoms with van der Waals surface area (Å²) in [7, 11) is 8.30. The van der Waals surface area contributed by atoms with Crippen molar-refractivity contribution < 1.29 is 60.4 Å². The minimum Gasteiger partial charge on any atom is -0.872 e. The predicted molar refractivity (Wildman–Crippen MR) is 348 cm³/mol. The molecule has 0 spiro atoms. The molecule has 0 saturated heterocycles. The van der Waals surface area contributed by atoms with Crippen molar-refractivity contribution in [1.82, 2.24) is 19.6 Å². The number of nitrogens with zero attached hydrogens (tertiary/aromatic N) is 4. The molecular formula is C74H122N4O4Th. The number of hydrogen-bond donors (Lipinski definition) is 0. The van der Waals surface area contributed by atoms with E-state index in [2.05, 4.69) is 276 Å². The molecule has 0 aromatic heterocycles. The summed E-state index contributed by atoms with van der Waals surface area (Å²) in [5.41, 5.74) is 11.0. The second-order valence-electron chi connectivity index (χ2n) is 32.7. The van der Waals surface area contributed by atoms with E-state index in [1.54, 1.807) is 0 Å². The van der Waals surface area contributed by atoms with Gasteiger partial charge in [0.15, 0.2) is 0 Å². The Bertz CT molecular complexity index is 2290. The number of rotatable bonds is 17. The Balaban J connectivity index is 0.000000746. The molecule has 0 N–H and O–H groups in total. The third-order valence-electron chi connectivity index (χ3n) is 15.8. The van der Waals surface area contributed by atoms with Crippen molar-refractivity contribution in [2.75, 3.05) is 54.4 Å². The van der Waals surface area contributed by atoms with Crippen molar-refractivity contribution in [2.24, 2.45) is 0 Å². The van der Waals surface area contributed by atoms with Crippen LogP contribution in [0.5, 0.6) is 23.0 Å². The van der Waals surface area contributed by atoms with Gasteiger partial charge in [0.2, 0.25) is 0 Å². The zero-order valence-electron chi connectivity index (χ0n) is 59.0. The van der Waals surface area contributed by atoms with Crippen LogP contribution >= 0.6 is 0 Å². The number of unbranched alkanes of at least 4 members (excludes halogenated alkanes) is 3. The van der Waals surface area contributed by atoms with Crippen molar-refractivity contribution in [3.63, 3.8) is 0 Å². The molecule has 0 aliphatic heterocycles. The quantitative estimate of drug-likeness (QED) is 0.0963. The van der Waals surface area contributed by atoms with Gasteiger partial charge in [0, 0.05) is 52.4 Å². The van der Waals surface area contributed by atoms with E-state index in [0.717, 1.165) is 70.7 Å². The second-order valence-corrected chi connectivity index (χ2v) is 32.7. The van der Waals surface area contributed by atoms with Gasteiger partial charge in [0.1, 0.15) is 0 Å². The number of hydrogen-bond acceptors (Lipinski definition) is 8. The smallest absolute Gasteiger partial charge is 0.872 e. The number of benzene rings is 4. The third-order valence-corrected chi connectivity index (χ3v) is 15.8. The summed E-state index contributed by atoms with van der Waals surface area (Å²) >= 11 is 0. The minimum absolute atomic E-state index is 0. The Morgan fingerprint density at radius 3 is 0.554 bits per heavy atom. The van der Waals surface area contributed by atoms with Gasteiger partial charge in [-0.2, -0.15) is 0 Å². The van der Waals surface area contributed by atoms with Crippen LogP contribution in [0.4, 0.5) is 0 Å². The van der Waals surface area contributed by atoms with Crippen LogP contribution in [0.25, 0.3) is 0 Å². The van der Waals surface area contributed by atoms with E-state index in [0.29, 0.717) is 26.2 Å². The fraction of sp³-hybridized carbons (Fsp3) is 0.676. The molecule has 0 radical (unpaired) electrons. The molecule has 0 saturated carbocycles. The van der Waals surface area contributed by atoms with Crippen molar-refractivity contribution in [3.8, 4) is 23.0 Å². The van der Waals surface area contributed by atoms with Crippen molar-refractivity contribution in [2.45, 2.75) is 275 Å². The molecule has 0 fully saturated rings. The van der Waals surface area contributed by atoms with Gasteiger partial charge >= 0.3 is 39.9 Å². The average Bonchev–Trinajstić information content (AvgIpc) is 3.29. The largest absolute Gasteiger partial charge is 4.00 e. The zero-order valence-corrected chi connectivity index (χ0v) is 63.1. The average molecular weight is 1360 g/mol. The molecule has 9 heteroatoms. The Morgan fingerprint density at radius 1 is 0.277 bits per heavy atom. The predicted octanol–water partition coefficient (Wildman–Crippen LogP) is 15.8. The molecule has 4 rings (SSSR count). The van der Waals surface area contributed by atoms with Gasteiger partial charge in [0.05, 0.1) is 0 Å². The Kier molecular flexibility index (Phi) is 29.2. The van der Waals surface area contributed by atoms with Crippen LogP contribution in [0.2, 0.25) is 0 Å². The summed E-state index contributed by atoms with van der Waals surface area (Å²) in [6.07, 6.45) is 5.54. The SMILES string of the molecule is CCCCCC.CN(CCN(C)Cc1cc(C(C)(C)C)cc(C(C)(C)C)c1[O-])Cc1cc(C(C)(C)C)cc(C(C)(C)C)c1[O-].CN(CCN(C)Cc1cc(C(C)(C)C)cc(C(C)(C)C)c1[O-])Cc1cc(C(C)(C)C)cc(C(C)(C)C)c1[O-].[Th+4]. The van der Waals surface area contributed by atoms with E-state index >= 15 is 0 Å². The molecule has 0 bridgehead atoms. The van der Waals surface area contributed by atoms with E-state index < -0.39 is 0 Å². The summed E-state index contributed by atoms with van der Waals surface area (Å²) in [6, 6.07) is 16.9. The first-order chi connectivity index (χ1) is 36.9. The van der Waals surface area contributed by atoms with E-state index in [1.807, 2.05) is 0 Å². The third kappa shape index (κ3) is 24.7. The van der Waals surface area contributed by atoms with Crippen LogP contribution in [-0.4, -0.2) is 74.0 Å². The standard InChI is InChI=1S/2C34H56N2O2.C6H14.Th/c2*1-31(2,3)25-17-23(29(37)27(19-25)33(7,8)9)21-35(13)15-16-36(14)22-24-18-26(32(4,5)6)20-28(30(24)38)34(10,11)12;1-3-5-6-4-2;/h2*17-20,37-38H,15-16,21-22H2,1-14H3;3-6H2,1-2H3;/q;;;+4/p-4. The number of likely N-dealkylation sites (N-methyl/N-ethyl adjacent to an activating group) is 4. The fourth-order valence-corrected chi connectivity index (χ4v) is 9.85. The second kappa shape index (κ2) is 30.9. The molecule has 0 unspecified atom stereocenters. The summed E-state index contributed by atoms with van der Waals surface area (Å²) < 4.78 is 0. The van der Waals surface area contributed by atoms with Gasteiger partial charge in [-0.1, -0.05) is 254 Å². The molecule has 4 aromatic rings. The maximum atomic E-state index is 13.4. The Hall–Kier alpha value is -2.76. The topological polar surface area (TPSA) is 105 Å². The molecule has 8 nitrogen and oxygen atoms in total. The van der Waals surface area contributed by atoms with Crippen molar-refractivity contribution in [3.05, 3.63) is 115 Å². The van der Waals surface area contributed by atoms with Crippen LogP contribution < -0.4 is 20.4 Å². The summed E-state index contributed by atoms with van der Waals surface area (Å²) in [6.45, 7) is 61.9. The van der Waals surface area contributed by atoms with Crippen LogP contribution in [0.15, 0.2) is 48.5 Å². The van der Waals surface area contributed by atoms with Crippen molar-refractivity contribution >= 4 is 0 Å². The van der Waals surface area contributed by atoms with Gasteiger partial charge in [-0.05, 0) is 138 Å². The molecule has 0 atom stereocenters. The van der Waals surface area contributed by atoms with Crippen molar-refractivity contribution in [1.29, 1.82) is 0 Å². The maximum absolute atomic E-state index is 13.4. The minimum atomic E-state index is -0.199. The zero-order chi connectivity index (χ0) is 63.7. The van der Waals surface area contributed by atoms with E-state index in [4.69, 9.17) is 0 Å². The van der Waals surface area contributed by atoms with Gasteiger partial charge in [-0.3, -0.25) is 0 Å². The van der Waals surface area contributed by atoms with E-state index in [-0.39, 0.29) is 106 Å². The molecule has 83 heavy (non-hydrogen) atoms. The first kappa shape index (κ1) is 78.3.